The summed E-state index contributed by atoms with van der Waals surface area (Å²) in [4.78, 5) is 33.2. The van der Waals surface area contributed by atoms with Crippen molar-refractivity contribution in [2.75, 3.05) is 26.7 Å². The van der Waals surface area contributed by atoms with Crippen molar-refractivity contribution in [3.63, 3.8) is 0 Å². The van der Waals surface area contributed by atoms with Gasteiger partial charge in [0.05, 0.1) is 9.93 Å². The summed E-state index contributed by atoms with van der Waals surface area (Å²) in [7, 11) is 1.94. The summed E-state index contributed by atoms with van der Waals surface area (Å²) in [6, 6.07) is 13.2. The molecule has 1 saturated heterocycles. The summed E-state index contributed by atoms with van der Waals surface area (Å²) in [6.45, 7) is 6.80. The van der Waals surface area contributed by atoms with E-state index in [1.165, 1.54) is 23.1 Å². The van der Waals surface area contributed by atoms with Gasteiger partial charge in [0.15, 0.2) is 0 Å². The third-order valence-electron chi connectivity index (χ3n) is 9.40. The standard InChI is InChI=1S/C33H41FN4O4S.3ClH/c1-21(2)32(33(39)40)36(3)28-17-25(29(18-28)24-5-4-6-26(34)16-24)20-37-13-11-23(12-14-37)30-19-35-31(43-30)15-22-7-9-27(10-8-22)38(41)42;;;/h4-10,16,19,21,23,25,28-29,32H,11-15,17-18,20H2,1-3H3,(H,39,40);3*1H/t25?,28?,29?,32-;;;/m1.../s1. The molecule has 3 aromatic rings. The number of aliphatic carboxylic acids is 1. The molecule has 3 unspecified atom stereocenters. The first kappa shape index (κ1) is 39.8. The zero-order valence-corrected chi connectivity index (χ0v) is 29.6. The number of likely N-dealkylation sites (N-methyl/N-ethyl adjacent to an activating group) is 1. The van der Waals surface area contributed by atoms with Gasteiger partial charge in [0.1, 0.15) is 11.9 Å². The lowest BCUT2D eigenvalue weighted by atomic mass is 9.87. The molecule has 254 valence electrons. The Bertz CT molecular complexity index is 1420. The van der Waals surface area contributed by atoms with Crippen LogP contribution >= 0.6 is 48.6 Å². The molecule has 1 saturated carbocycles. The van der Waals surface area contributed by atoms with Crippen LogP contribution in [0.3, 0.4) is 0 Å². The van der Waals surface area contributed by atoms with Crippen molar-refractivity contribution in [3.05, 3.63) is 91.7 Å². The molecule has 1 N–H and O–H groups in total. The average molecular weight is 718 g/mol. The van der Waals surface area contributed by atoms with Crippen LogP contribution in [0.4, 0.5) is 10.1 Å². The van der Waals surface area contributed by atoms with E-state index in [9.17, 15) is 24.4 Å². The van der Waals surface area contributed by atoms with E-state index in [4.69, 9.17) is 0 Å². The van der Waals surface area contributed by atoms with E-state index in [1.54, 1.807) is 35.6 Å². The number of rotatable bonds is 11. The minimum Gasteiger partial charge on any atom is -0.480 e. The van der Waals surface area contributed by atoms with Crippen LogP contribution in [-0.4, -0.2) is 69.5 Å². The van der Waals surface area contributed by atoms with Crippen molar-refractivity contribution < 1.29 is 19.2 Å². The van der Waals surface area contributed by atoms with E-state index in [0.29, 0.717) is 18.3 Å². The molecule has 8 nitrogen and oxygen atoms in total. The minimum atomic E-state index is -0.788. The van der Waals surface area contributed by atoms with Crippen molar-refractivity contribution in [1.29, 1.82) is 0 Å². The molecule has 1 aromatic heterocycles. The van der Waals surface area contributed by atoms with Crippen molar-refractivity contribution in [2.24, 2.45) is 11.8 Å². The molecule has 2 fully saturated rings. The topological polar surface area (TPSA) is 99.8 Å². The molecule has 1 aliphatic carbocycles. The second-order valence-electron chi connectivity index (χ2n) is 12.6. The fraction of sp³-hybridized carbons (Fsp3) is 0.515. The Morgan fingerprint density at radius 2 is 1.80 bits per heavy atom. The number of benzene rings is 2. The summed E-state index contributed by atoms with van der Waals surface area (Å²) >= 11 is 1.74. The number of likely N-dealkylation sites (tertiary alicyclic amines) is 1. The van der Waals surface area contributed by atoms with Gasteiger partial charge in [-0.15, -0.1) is 48.6 Å². The van der Waals surface area contributed by atoms with Crippen LogP contribution in [0.5, 0.6) is 0 Å². The average Bonchev–Trinajstić information content (AvgIpc) is 3.61. The number of nitro groups is 1. The van der Waals surface area contributed by atoms with E-state index in [-0.39, 0.29) is 71.5 Å². The Morgan fingerprint density at radius 1 is 1.13 bits per heavy atom. The zero-order chi connectivity index (χ0) is 30.7. The Balaban J connectivity index is 0.00000245. The van der Waals surface area contributed by atoms with Gasteiger partial charge in [-0.1, -0.05) is 38.1 Å². The number of aromatic nitrogens is 1. The van der Waals surface area contributed by atoms with Crippen LogP contribution in [0.15, 0.2) is 54.7 Å². The molecule has 13 heteroatoms. The molecule has 46 heavy (non-hydrogen) atoms. The van der Waals surface area contributed by atoms with Crippen LogP contribution in [0, 0.1) is 27.8 Å². The fourth-order valence-corrected chi connectivity index (χ4v) is 8.29. The number of thiazole rings is 1. The third kappa shape index (κ3) is 9.61. The summed E-state index contributed by atoms with van der Waals surface area (Å²) in [6.07, 6.45) is 6.49. The molecule has 5 rings (SSSR count). The lowest BCUT2D eigenvalue weighted by molar-refractivity contribution is -0.384. The molecule has 2 aromatic carbocycles. The highest BCUT2D eigenvalue weighted by atomic mass is 35.5. The maximum atomic E-state index is 14.2. The predicted octanol–water partition coefficient (Wildman–Crippen LogP) is 7.83. The van der Waals surface area contributed by atoms with Crippen LogP contribution in [-0.2, 0) is 11.2 Å². The summed E-state index contributed by atoms with van der Waals surface area (Å²) in [5.41, 5.74) is 2.12. The van der Waals surface area contributed by atoms with Crippen molar-refractivity contribution in [1.82, 2.24) is 14.8 Å². The maximum absolute atomic E-state index is 14.2. The molecule has 0 amide bonds. The Labute approximate surface area is 293 Å². The number of nitro benzene ring substituents is 1. The first-order valence-electron chi connectivity index (χ1n) is 15.2. The van der Waals surface area contributed by atoms with Gasteiger partial charge in [-0.25, -0.2) is 9.37 Å². The minimum absolute atomic E-state index is 0. The van der Waals surface area contributed by atoms with E-state index in [1.807, 2.05) is 38.1 Å². The molecule has 4 atom stereocenters. The molecule has 2 aliphatic rings. The second-order valence-corrected chi connectivity index (χ2v) is 13.7. The van der Waals surface area contributed by atoms with Crippen molar-refractivity contribution in [2.45, 2.75) is 69.9 Å². The molecule has 0 radical (unpaired) electrons. The van der Waals surface area contributed by atoms with E-state index in [2.05, 4.69) is 9.88 Å². The van der Waals surface area contributed by atoms with Gasteiger partial charge in [0.25, 0.3) is 5.69 Å². The number of carboxylic acids is 1. The normalized spacial score (nSPS) is 20.9. The Morgan fingerprint density at radius 3 is 2.39 bits per heavy atom. The molecule has 0 bridgehead atoms. The number of non-ortho nitro benzene ring substituents is 1. The number of piperidine rings is 1. The first-order chi connectivity index (χ1) is 20.6. The molecular weight excluding hydrogens is 674 g/mol. The van der Waals surface area contributed by atoms with Crippen LogP contribution in [0.2, 0.25) is 0 Å². The summed E-state index contributed by atoms with van der Waals surface area (Å²) in [5.74, 6) is -0.0471. The van der Waals surface area contributed by atoms with Crippen LogP contribution < -0.4 is 0 Å². The van der Waals surface area contributed by atoms with Gasteiger partial charge in [0.2, 0.25) is 0 Å². The number of nitrogens with zero attached hydrogens (tertiary/aromatic N) is 4. The van der Waals surface area contributed by atoms with Gasteiger partial charge in [-0.3, -0.25) is 19.8 Å². The van der Waals surface area contributed by atoms with Crippen molar-refractivity contribution >= 4 is 60.2 Å². The number of carbonyl (C=O) groups is 1. The number of hydrogen-bond acceptors (Lipinski definition) is 7. The molecule has 1 aliphatic heterocycles. The first-order valence-corrected chi connectivity index (χ1v) is 16.0. The largest absolute Gasteiger partial charge is 0.480 e. The van der Waals surface area contributed by atoms with Gasteiger partial charge in [0, 0.05) is 42.2 Å². The number of halogens is 4. The number of hydrogen-bond donors (Lipinski definition) is 1. The third-order valence-corrected chi connectivity index (χ3v) is 10.6. The van der Waals surface area contributed by atoms with Gasteiger partial charge in [-0.05, 0) is 92.8 Å². The van der Waals surface area contributed by atoms with Crippen molar-refractivity contribution in [3.8, 4) is 0 Å². The van der Waals surface area contributed by atoms with Crippen LogP contribution in [0.1, 0.15) is 72.4 Å². The van der Waals surface area contributed by atoms with E-state index >= 15 is 0 Å². The van der Waals surface area contributed by atoms with Gasteiger partial charge >= 0.3 is 5.97 Å². The monoisotopic (exact) mass is 716 g/mol. The quantitative estimate of drug-likeness (QED) is 0.159. The van der Waals surface area contributed by atoms with Gasteiger partial charge < -0.3 is 10.0 Å². The highest BCUT2D eigenvalue weighted by molar-refractivity contribution is 7.11. The van der Waals surface area contributed by atoms with E-state index in [0.717, 1.165) is 61.5 Å². The SMILES string of the molecule is CC(C)[C@H](C(=O)O)N(C)C1CC(CN2CCC(c3cnc(Cc4ccc([N+](=O)[O-])cc4)s3)CC2)C(c2cccc(F)c2)C1.Cl.Cl.Cl. The summed E-state index contributed by atoms with van der Waals surface area (Å²) < 4.78 is 14.2. The molecule has 0 spiro atoms. The van der Waals surface area contributed by atoms with Gasteiger partial charge in [-0.2, -0.15) is 0 Å². The predicted molar refractivity (Wildman–Crippen MR) is 188 cm³/mol. The van der Waals surface area contributed by atoms with Crippen LogP contribution in [0.25, 0.3) is 0 Å². The van der Waals surface area contributed by atoms with E-state index < -0.39 is 12.0 Å². The second kappa shape index (κ2) is 17.7. The molecule has 2 heterocycles. The fourth-order valence-electron chi connectivity index (χ4n) is 7.17. The highest BCUT2D eigenvalue weighted by Gasteiger charge is 2.41. The lowest BCUT2D eigenvalue weighted by Gasteiger charge is -2.35. The lowest BCUT2D eigenvalue weighted by Crippen LogP contribution is -2.47. The Kier molecular flexibility index (Phi) is 15.3. The smallest absolute Gasteiger partial charge is 0.321 e. The number of carboxylic acid groups (broad SMARTS) is 1. The maximum Gasteiger partial charge on any atom is 0.321 e. The summed E-state index contributed by atoms with van der Waals surface area (Å²) in [5, 5.41) is 21.9. The zero-order valence-electron chi connectivity index (χ0n) is 26.3. The Hall–Kier alpha value is -2.34. The highest BCUT2D eigenvalue weighted by Crippen LogP contribution is 2.44. The molecular formula is C33H44Cl3FN4O4S.